The molecule has 0 spiro atoms. The van der Waals surface area contributed by atoms with Crippen molar-refractivity contribution in [3.63, 3.8) is 0 Å². The van der Waals surface area contributed by atoms with E-state index in [1.54, 1.807) is 0 Å². The van der Waals surface area contributed by atoms with E-state index in [0.29, 0.717) is 51.6 Å². The predicted octanol–water partition coefficient (Wildman–Crippen LogP) is 2.97. The largest absolute Gasteiger partial charge is 0.480 e. The average molecular weight is 457 g/mol. The number of unbranched alkanes of at least 4 members (excludes halogenated alkanes) is 3. The van der Waals surface area contributed by atoms with Crippen molar-refractivity contribution in [3.8, 4) is 0 Å². The number of nitrogens with two attached hydrogens (primary N) is 1. The first-order chi connectivity index (χ1) is 14.8. The maximum atomic E-state index is 12.7. The van der Waals surface area contributed by atoms with E-state index in [4.69, 9.17) is 10.3 Å². The van der Waals surface area contributed by atoms with Gasteiger partial charge in [0.1, 0.15) is 18.4 Å². The zero-order valence-electron chi connectivity index (χ0n) is 18.1. The Kier molecular flexibility index (Phi) is 11.2. The molecule has 1 aromatic carbocycles. The Morgan fingerprint density at radius 3 is 2.61 bits per heavy atom. The quantitative estimate of drug-likeness (QED) is 0.234. The fraction of sp³-hybridized carbons (Fsp3) is 0.682. The van der Waals surface area contributed by atoms with Gasteiger partial charge >= 0.3 is 13.6 Å². The normalized spacial score (nSPS) is 20.9. The molecule has 1 aliphatic rings. The molecule has 1 heterocycles. The van der Waals surface area contributed by atoms with Gasteiger partial charge in [-0.25, -0.2) is 0 Å². The second-order valence-electron chi connectivity index (χ2n) is 8.23. The third-order valence-electron chi connectivity index (χ3n) is 5.74. The average Bonchev–Trinajstić information content (AvgIpc) is 3.23. The van der Waals surface area contributed by atoms with E-state index in [9.17, 15) is 24.5 Å². The van der Waals surface area contributed by atoms with Gasteiger partial charge in [-0.2, -0.15) is 0 Å². The third kappa shape index (κ3) is 9.00. The number of benzene rings is 1. The Morgan fingerprint density at radius 2 is 1.94 bits per heavy atom. The summed E-state index contributed by atoms with van der Waals surface area (Å²) in [5, 5.41) is 20.2. The van der Waals surface area contributed by atoms with E-state index in [2.05, 4.69) is 12.1 Å². The highest BCUT2D eigenvalue weighted by molar-refractivity contribution is 7.52. The van der Waals surface area contributed by atoms with Gasteiger partial charge in [0.05, 0.1) is 0 Å². The van der Waals surface area contributed by atoms with E-state index < -0.39 is 31.9 Å². The highest BCUT2D eigenvalue weighted by atomic mass is 31.2. The maximum absolute atomic E-state index is 12.7. The molecule has 4 atom stereocenters. The van der Waals surface area contributed by atoms with Crippen LogP contribution in [-0.2, 0) is 20.3 Å². The standard InChI is InChI=1S/C22H37N2O6P/c23-15-7-6-14-20(21(25)24-16-9-13-19(24)22(26)27)30-31(28,29)17-8-2-5-12-18-10-3-1-4-11-18/h1,3-4,10-11,19-21,25H,2,5-9,12-17,23H2,(H,26,27)(H,28,29)/t19-,20?,21?/m0/s1. The van der Waals surface area contributed by atoms with E-state index >= 15 is 0 Å². The molecule has 3 unspecified atom stereocenters. The van der Waals surface area contributed by atoms with Crippen molar-refractivity contribution in [2.75, 3.05) is 19.3 Å². The number of hydrogen-bond donors (Lipinski definition) is 4. The van der Waals surface area contributed by atoms with Crippen LogP contribution in [0.2, 0.25) is 0 Å². The topological polar surface area (TPSA) is 133 Å². The Balaban J connectivity index is 1.87. The summed E-state index contributed by atoms with van der Waals surface area (Å²) in [4.78, 5) is 23.3. The van der Waals surface area contributed by atoms with Crippen LogP contribution in [0.5, 0.6) is 0 Å². The van der Waals surface area contributed by atoms with Gasteiger partial charge in [0, 0.05) is 12.7 Å². The number of aryl methyl sites for hydroxylation is 1. The summed E-state index contributed by atoms with van der Waals surface area (Å²) < 4.78 is 18.2. The fourth-order valence-electron chi connectivity index (χ4n) is 4.06. The minimum Gasteiger partial charge on any atom is -0.480 e. The molecule has 9 heteroatoms. The van der Waals surface area contributed by atoms with Gasteiger partial charge in [-0.05, 0) is 63.5 Å². The Labute approximate surface area is 184 Å². The van der Waals surface area contributed by atoms with Crippen LogP contribution < -0.4 is 5.73 Å². The Hall–Kier alpha value is -1.28. The van der Waals surface area contributed by atoms with Crippen molar-refractivity contribution < 1.29 is 29.0 Å². The number of carboxylic acids is 1. The molecule has 1 saturated heterocycles. The fourth-order valence-corrected chi connectivity index (χ4v) is 5.42. The van der Waals surface area contributed by atoms with E-state index in [-0.39, 0.29) is 6.16 Å². The first-order valence-corrected chi connectivity index (χ1v) is 13.0. The molecule has 0 radical (unpaired) electrons. The molecule has 2 rings (SSSR count). The number of hydrogen-bond acceptors (Lipinski definition) is 6. The molecule has 0 saturated carbocycles. The van der Waals surface area contributed by atoms with Crippen LogP contribution in [-0.4, -0.2) is 63.6 Å². The number of nitrogens with zero attached hydrogens (tertiary/aromatic N) is 1. The minimum absolute atomic E-state index is 0.0181. The molecule has 31 heavy (non-hydrogen) atoms. The maximum Gasteiger partial charge on any atom is 0.328 e. The zero-order valence-corrected chi connectivity index (χ0v) is 19.0. The highest BCUT2D eigenvalue weighted by Crippen LogP contribution is 2.46. The van der Waals surface area contributed by atoms with Crippen molar-refractivity contribution in [3.05, 3.63) is 35.9 Å². The van der Waals surface area contributed by atoms with Crippen LogP contribution in [0, 0.1) is 0 Å². The van der Waals surface area contributed by atoms with Gasteiger partial charge in [-0.1, -0.05) is 36.8 Å². The highest BCUT2D eigenvalue weighted by Gasteiger charge is 2.40. The van der Waals surface area contributed by atoms with Crippen LogP contribution in [0.3, 0.4) is 0 Å². The van der Waals surface area contributed by atoms with Gasteiger partial charge in [0.15, 0.2) is 0 Å². The molecule has 8 nitrogen and oxygen atoms in total. The summed E-state index contributed by atoms with van der Waals surface area (Å²) >= 11 is 0. The van der Waals surface area contributed by atoms with Gasteiger partial charge in [-0.15, -0.1) is 0 Å². The Morgan fingerprint density at radius 1 is 1.19 bits per heavy atom. The number of rotatable bonds is 15. The summed E-state index contributed by atoms with van der Waals surface area (Å²) in [7, 11) is -3.91. The second kappa shape index (κ2) is 13.3. The third-order valence-corrected chi connectivity index (χ3v) is 7.23. The van der Waals surface area contributed by atoms with Crippen LogP contribution in [0.1, 0.15) is 56.9 Å². The first-order valence-electron chi connectivity index (χ1n) is 11.2. The molecule has 1 aliphatic heterocycles. The monoisotopic (exact) mass is 456 g/mol. The van der Waals surface area contributed by atoms with Gasteiger partial charge in [0.2, 0.25) is 0 Å². The summed E-state index contributed by atoms with van der Waals surface area (Å²) in [6.07, 6.45) is 3.82. The molecule has 5 N–H and O–H groups in total. The zero-order chi connectivity index (χ0) is 22.7. The van der Waals surface area contributed by atoms with Crippen molar-refractivity contribution >= 4 is 13.6 Å². The number of carbonyl (C=O) groups is 1. The molecule has 176 valence electrons. The molecule has 1 aromatic rings. The van der Waals surface area contributed by atoms with Gasteiger partial charge in [0.25, 0.3) is 0 Å². The lowest BCUT2D eigenvalue weighted by molar-refractivity contribution is -0.150. The van der Waals surface area contributed by atoms with Crippen molar-refractivity contribution in [2.24, 2.45) is 5.73 Å². The van der Waals surface area contributed by atoms with Crippen LogP contribution in [0.4, 0.5) is 0 Å². The lowest BCUT2D eigenvalue weighted by Crippen LogP contribution is -2.49. The summed E-state index contributed by atoms with van der Waals surface area (Å²) in [6, 6.07) is 9.30. The van der Waals surface area contributed by atoms with Gasteiger partial charge in [-0.3, -0.25) is 14.3 Å². The van der Waals surface area contributed by atoms with Crippen LogP contribution in [0.25, 0.3) is 0 Å². The lowest BCUT2D eigenvalue weighted by atomic mass is 10.1. The lowest BCUT2D eigenvalue weighted by Gasteiger charge is -2.33. The molecule has 0 bridgehead atoms. The molecule has 0 aromatic heterocycles. The number of aliphatic hydroxyl groups excluding tert-OH is 1. The van der Waals surface area contributed by atoms with Crippen molar-refractivity contribution in [1.82, 2.24) is 4.90 Å². The van der Waals surface area contributed by atoms with Crippen molar-refractivity contribution in [2.45, 2.75) is 76.2 Å². The SMILES string of the molecule is NCCCCC(OP(=O)(O)CCCCCc1ccccc1)C(O)N1CCC[C@H]1C(=O)O. The summed E-state index contributed by atoms with van der Waals surface area (Å²) in [5.41, 5.74) is 6.79. The van der Waals surface area contributed by atoms with Crippen LogP contribution in [0.15, 0.2) is 30.3 Å². The Bertz CT molecular complexity index is 705. The summed E-state index contributed by atoms with van der Waals surface area (Å²) in [5.74, 6) is -0.997. The number of aliphatic carboxylic acids is 1. The van der Waals surface area contributed by atoms with E-state index in [0.717, 1.165) is 19.3 Å². The second-order valence-corrected chi connectivity index (χ2v) is 10.2. The molecule has 1 fully saturated rings. The molecular formula is C22H37N2O6P. The number of aliphatic hydroxyl groups is 1. The van der Waals surface area contributed by atoms with Crippen LogP contribution >= 0.6 is 7.60 Å². The first kappa shape index (κ1) is 26.0. The molecule has 0 amide bonds. The number of likely N-dealkylation sites (tertiary alicyclic amines) is 1. The minimum atomic E-state index is -3.91. The summed E-state index contributed by atoms with van der Waals surface area (Å²) in [6.45, 7) is 0.895. The predicted molar refractivity (Wildman–Crippen MR) is 120 cm³/mol. The molecular weight excluding hydrogens is 419 g/mol. The van der Waals surface area contributed by atoms with E-state index in [1.165, 1.54) is 10.5 Å². The smallest absolute Gasteiger partial charge is 0.328 e. The van der Waals surface area contributed by atoms with Gasteiger partial charge < -0.3 is 25.4 Å². The van der Waals surface area contributed by atoms with E-state index in [1.807, 2.05) is 18.2 Å². The number of carboxylic acid groups (broad SMARTS) is 1. The van der Waals surface area contributed by atoms with Crippen molar-refractivity contribution in [1.29, 1.82) is 0 Å². The molecule has 0 aliphatic carbocycles.